The highest BCUT2D eigenvalue weighted by Crippen LogP contribution is 2.41. The summed E-state index contributed by atoms with van der Waals surface area (Å²) < 4.78 is 40.5. The number of fused-ring (bicyclic) bond motifs is 1. The Labute approximate surface area is 238 Å². The zero-order chi connectivity index (χ0) is 28.9. The first-order chi connectivity index (χ1) is 19.9. The predicted octanol–water partition coefficient (Wildman–Crippen LogP) is 4.74. The minimum atomic E-state index is -2.09. The molecule has 5 rings (SSSR count). The van der Waals surface area contributed by atoms with Crippen LogP contribution in [0.4, 0.5) is 8.78 Å². The molecule has 0 bridgehead atoms. The SMILES string of the molecule is COCCN1C(Cc2ccc(-c3cccc(OCc4ccc(C#N)cc4F)n3)cc2F)=NC2C=CC(P(O)O)CC21. The number of amidine groups is 1. The average molecular weight is 579 g/mol. The summed E-state index contributed by atoms with van der Waals surface area (Å²) >= 11 is 0. The molecule has 3 unspecified atom stereocenters. The molecule has 41 heavy (non-hydrogen) atoms. The molecule has 0 spiro atoms. The van der Waals surface area contributed by atoms with Crippen molar-refractivity contribution in [3.63, 3.8) is 0 Å². The van der Waals surface area contributed by atoms with E-state index < -0.39 is 20.0 Å². The van der Waals surface area contributed by atoms with Gasteiger partial charge in [0.2, 0.25) is 5.88 Å². The second kappa shape index (κ2) is 12.8. The third-order valence-corrected chi connectivity index (χ3v) is 8.23. The van der Waals surface area contributed by atoms with E-state index in [1.54, 1.807) is 37.4 Å². The number of aromatic nitrogens is 1. The van der Waals surface area contributed by atoms with Crippen molar-refractivity contribution in [3.05, 3.63) is 95.1 Å². The van der Waals surface area contributed by atoms with Gasteiger partial charge in [-0.2, -0.15) is 5.26 Å². The first-order valence-electron chi connectivity index (χ1n) is 13.1. The van der Waals surface area contributed by atoms with Crippen molar-refractivity contribution in [1.29, 1.82) is 5.26 Å². The first-order valence-corrected chi connectivity index (χ1v) is 14.4. The number of hydrogen-bond donors (Lipinski definition) is 2. The van der Waals surface area contributed by atoms with Crippen LogP contribution in [0.25, 0.3) is 11.3 Å². The van der Waals surface area contributed by atoms with Gasteiger partial charge >= 0.3 is 0 Å². The van der Waals surface area contributed by atoms with E-state index in [2.05, 4.69) is 9.88 Å². The quantitative estimate of drug-likeness (QED) is 0.264. The van der Waals surface area contributed by atoms with Gasteiger partial charge in [0.05, 0.1) is 36.0 Å². The molecular weight excluding hydrogens is 549 g/mol. The summed E-state index contributed by atoms with van der Waals surface area (Å²) in [7, 11) is -0.468. The standard InChI is InChI=1S/C30H29F2N4O4P/c1-39-12-11-36-28-16-23(41(37)38)9-10-27(28)34-29(36)15-20-7-8-21(14-25(20)32)26-3-2-4-30(35-26)40-18-22-6-5-19(17-33)13-24(22)31/h2-10,13-14,23,27-28,37-38H,11-12,15-16,18H2,1H3. The van der Waals surface area contributed by atoms with Crippen LogP contribution in [0.5, 0.6) is 5.88 Å². The normalized spacial score (nSPS) is 19.7. The van der Waals surface area contributed by atoms with E-state index in [1.165, 1.54) is 18.2 Å². The number of ether oxygens (including phenoxy) is 2. The van der Waals surface area contributed by atoms with Crippen molar-refractivity contribution in [1.82, 2.24) is 9.88 Å². The first kappa shape index (κ1) is 28.8. The third kappa shape index (κ3) is 6.61. The molecule has 11 heteroatoms. The lowest BCUT2D eigenvalue weighted by molar-refractivity contribution is 0.160. The summed E-state index contributed by atoms with van der Waals surface area (Å²) in [5.41, 5.74) is 1.73. The Bertz CT molecular complexity index is 1510. The molecule has 0 saturated heterocycles. The smallest absolute Gasteiger partial charge is 0.214 e. The maximum Gasteiger partial charge on any atom is 0.214 e. The Morgan fingerprint density at radius 2 is 1.88 bits per heavy atom. The fourth-order valence-corrected chi connectivity index (χ4v) is 5.74. The molecule has 1 aliphatic carbocycles. The van der Waals surface area contributed by atoms with E-state index >= 15 is 4.39 Å². The molecule has 0 amide bonds. The summed E-state index contributed by atoms with van der Waals surface area (Å²) in [5.74, 6) is 0.0562. The summed E-state index contributed by atoms with van der Waals surface area (Å²) in [6.07, 6.45) is 4.55. The maximum absolute atomic E-state index is 15.4. The second-order valence-corrected chi connectivity index (χ2v) is 11.2. The van der Waals surface area contributed by atoms with Gasteiger partial charge in [0.25, 0.3) is 0 Å². The Hall–Kier alpha value is -3.74. The van der Waals surface area contributed by atoms with Gasteiger partial charge in [-0.25, -0.2) is 13.8 Å². The number of benzene rings is 2. The fraction of sp³-hybridized carbons (Fsp3) is 0.300. The highest BCUT2D eigenvalue weighted by Gasteiger charge is 2.39. The molecule has 1 aliphatic heterocycles. The number of hydrogen-bond acceptors (Lipinski definition) is 8. The van der Waals surface area contributed by atoms with Crippen LogP contribution in [-0.2, 0) is 17.8 Å². The Balaban J connectivity index is 1.29. The van der Waals surface area contributed by atoms with Crippen LogP contribution in [0.1, 0.15) is 23.1 Å². The number of nitriles is 1. The number of allylic oxidation sites excluding steroid dienone is 1. The van der Waals surface area contributed by atoms with E-state index in [1.807, 2.05) is 18.2 Å². The summed E-state index contributed by atoms with van der Waals surface area (Å²) in [4.78, 5) is 30.9. The van der Waals surface area contributed by atoms with E-state index in [-0.39, 0.29) is 42.2 Å². The van der Waals surface area contributed by atoms with Crippen LogP contribution in [0.2, 0.25) is 0 Å². The van der Waals surface area contributed by atoms with E-state index in [0.717, 1.165) is 11.9 Å². The van der Waals surface area contributed by atoms with Crippen molar-refractivity contribution in [2.75, 3.05) is 20.3 Å². The molecule has 1 aromatic heterocycles. The molecule has 2 N–H and O–H groups in total. The summed E-state index contributed by atoms with van der Waals surface area (Å²) in [6, 6.07) is 15.9. The number of methoxy groups -OCH3 is 1. The van der Waals surface area contributed by atoms with Gasteiger partial charge in [-0.3, -0.25) is 4.99 Å². The van der Waals surface area contributed by atoms with Gasteiger partial charge in [0, 0.05) is 42.9 Å². The summed E-state index contributed by atoms with van der Waals surface area (Å²) in [5, 5.41) is 8.90. The predicted molar refractivity (Wildman–Crippen MR) is 151 cm³/mol. The van der Waals surface area contributed by atoms with Crippen LogP contribution in [0, 0.1) is 23.0 Å². The molecular formula is C30H29F2N4O4P. The average Bonchev–Trinajstić information content (AvgIpc) is 3.32. The molecule has 3 atom stereocenters. The summed E-state index contributed by atoms with van der Waals surface area (Å²) in [6.45, 7) is 0.959. The van der Waals surface area contributed by atoms with Crippen LogP contribution in [-0.4, -0.2) is 63.5 Å². The van der Waals surface area contributed by atoms with E-state index in [4.69, 9.17) is 19.7 Å². The Morgan fingerprint density at radius 3 is 2.61 bits per heavy atom. The second-order valence-electron chi connectivity index (χ2n) is 9.85. The number of rotatable bonds is 10. The largest absolute Gasteiger partial charge is 0.473 e. The number of halogens is 2. The molecule has 0 fully saturated rings. The van der Waals surface area contributed by atoms with Crippen LogP contribution in [0.3, 0.4) is 0 Å². The van der Waals surface area contributed by atoms with Crippen LogP contribution < -0.4 is 4.74 Å². The van der Waals surface area contributed by atoms with E-state index in [9.17, 15) is 14.2 Å². The van der Waals surface area contributed by atoms with Crippen molar-refractivity contribution in [2.45, 2.75) is 37.2 Å². The highest BCUT2D eigenvalue weighted by atomic mass is 31.2. The van der Waals surface area contributed by atoms with Gasteiger partial charge < -0.3 is 24.2 Å². The molecule has 0 saturated carbocycles. The highest BCUT2D eigenvalue weighted by molar-refractivity contribution is 7.46. The van der Waals surface area contributed by atoms with Crippen molar-refractivity contribution < 1.29 is 28.0 Å². The molecule has 2 aromatic carbocycles. The lowest BCUT2D eigenvalue weighted by Crippen LogP contribution is -2.44. The van der Waals surface area contributed by atoms with Gasteiger partial charge in [-0.05, 0) is 36.2 Å². The maximum atomic E-state index is 15.4. The van der Waals surface area contributed by atoms with Gasteiger partial charge in [0.15, 0.2) is 8.38 Å². The van der Waals surface area contributed by atoms with E-state index in [0.29, 0.717) is 42.0 Å². The van der Waals surface area contributed by atoms with Gasteiger partial charge in [0.1, 0.15) is 24.1 Å². The lowest BCUT2D eigenvalue weighted by Gasteiger charge is -2.34. The van der Waals surface area contributed by atoms with Crippen molar-refractivity contribution in [3.8, 4) is 23.2 Å². The molecule has 8 nitrogen and oxygen atoms in total. The number of aliphatic imine (C=N–C) groups is 1. The van der Waals surface area contributed by atoms with Gasteiger partial charge in [-0.1, -0.05) is 36.4 Å². The zero-order valence-electron chi connectivity index (χ0n) is 22.3. The molecule has 0 radical (unpaired) electrons. The molecule has 3 aromatic rings. The van der Waals surface area contributed by atoms with Crippen molar-refractivity contribution in [2.24, 2.45) is 4.99 Å². The minimum Gasteiger partial charge on any atom is -0.473 e. The molecule has 2 aliphatic rings. The monoisotopic (exact) mass is 578 g/mol. The molecule has 212 valence electrons. The zero-order valence-corrected chi connectivity index (χ0v) is 23.2. The Morgan fingerprint density at radius 1 is 1.07 bits per heavy atom. The topological polar surface area (TPSA) is 111 Å². The number of pyridine rings is 1. The lowest BCUT2D eigenvalue weighted by atomic mass is 9.96. The van der Waals surface area contributed by atoms with Crippen molar-refractivity contribution >= 4 is 14.2 Å². The fourth-order valence-electron chi connectivity index (χ4n) is 5.08. The molecule has 2 heterocycles. The minimum absolute atomic E-state index is 0.0357. The Kier molecular flexibility index (Phi) is 9.01. The van der Waals surface area contributed by atoms with Crippen LogP contribution >= 0.6 is 8.38 Å². The van der Waals surface area contributed by atoms with Crippen LogP contribution in [0.15, 0.2) is 71.7 Å². The third-order valence-electron chi connectivity index (χ3n) is 7.25. The van der Waals surface area contributed by atoms with Gasteiger partial charge in [-0.15, -0.1) is 0 Å². The number of nitrogens with zero attached hydrogens (tertiary/aromatic N) is 4.